The van der Waals surface area contributed by atoms with Crippen LogP contribution < -0.4 is 0 Å². The van der Waals surface area contributed by atoms with E-state index >= 15 is 0 Å². The third-order valence-electron chi connectivity index (χ3n) is 5.43. The summed E-state index contributed by atoms with van der Waals surface area (Å²) in [6.45, 7) is 6.52. The number of hydrogen-bond acceptors (Lipinski definition) is 2. The number of amides is 2. The fourth-order valence-corrected chi connectivity index (χ4v) is 4.06. The maximum Gasteiger partial charge on any atom is 0.228 e. The third kappa shape index (κ3) is 3.63. The summed E-state index contributed by atoms with van der Waals surface area (Å²) in [7, 11) is 0. The van der Waals surface area contributed by atoms with Crippen LogP contribution in [0.3, 0.4) is 0 Å². The van der Waals surface area contributed by atoms with Crippen molar-refractivity contribution in [3.05, 3.63) is 35.9 Å². The molecule has 3 rings (SSSR count). The lowest BCUT2D eigenvalue weighted by Gasteiger charge is -2.29. The van der Waals surface area contributed by atoms with Crippen LogP contribution in [0.15, 0.2) is 30.3 Å². The zero-order valence-corrected chi connectivity index (χ0v) is 14.8. The second-order valence-corrected chi connectivity index (χ2v) is 7.46. The number of likely N-dealkylation sites (tertiary alicyclic amines) is 2. The van der Waals surface area contributed by atoms with Crippen molar-refractivity contribution in [2.45, 2.75) is 45.6 Å². The first kappa shape index (κ1) is 17.0. The quantitative estimate of drug-likeness (QED) is 0.834. The lowest BCUT2D eigenvalue weighted by atomic mass is 10.00. The van der Waals surface area contributed by atoms with Crippen LogP contribution in [0.2, 0.25) is 0 Å². The van der Waals surface area contributed by atoms with E-state index in [1.165, 1.54) is 5.56 Å². The van der Waals surface area contributed by atoms with Crippen LogP contribution in [0.1, 0.15) is 38.7 Å². The van der Waals surface area contributed by atoms with Crippen LogP contribution in [0.5, 0.6) is 0 Å². The highest BCUT2D eigenvalue weighted by Crippen LogP contribution is 2.28. The first-order valence-corrected chi connectivity index (χ1v) is 9.18. The van der Waals surface area contributed by atoms with Gasteiger partial charge in [0.2, 0.25) is 11.8 Å². The molecule has 0 unspecified atom stereocenters. The normalized spacial score (nSPS) is 24.2. The van der Waals surface area contributed by atoms with Gasteiger partial charge in [0, 0.05) is 32.1 Å². The SMILES string of the molecule is CC(C)[C@@H]1CCCN1C(=O)[C@@H]1CC(=O)N(CCc2ccccc2)C1. The molecular formula is C20H28N2O2. The summed E-state index contributed by atoms with van der Waals surface area (Å²) in [5.74, 6) is 0.668. The lowest BCUT2D eigenvalue weighted by molar-refractivity contribution is -0.137. The van der Waals surface area contributed by atoms with E-state index in [9.17, 15) is 9.59 Å². The van der Waals surface area contributed by atoms with Crippen molar-refractivity contribution in [2.75, 3.05) is 19.6 Å². The molecule has 2 heterocycles. The first-order chi connectivity index (χ1) is 11.6. The van der Waals surface area contributed by atoms with E-state index in [1.807, 2.05) is 28.0 Å². The van der Waals surface area contributed by atoms with Crippen molar-refractivity contribution in [1.82, 2.24) is 9.80 Å². The molecule has 0 N–H and O–H groups in total. The summed E-state index contributed by atoms with van der Waals surface area (Å²) >= 11 is 0. The fourth-order valence-electron chi connectivity index (χ4n) is 4.06. The summed E-state index contributed by atoms with van der Waals surface area (Å²) < 4.78 is 0. The monoisotopic (exact) mass is 328 g/mol. The molecule has 0 saturated carbocycles. The maximum absolute atomic E-state index is 12.9. The Hall–Kier alpha value is -1.84. The average molecular weight is 328 g/mol. The molecule has 4 nitrogen and oxygen atoms in total. The van der Waals surface area contributed by atoms with E-state index in [1.54, 1.807) is 0 Å². The summed E-state index contributed by atoms with van der Waals surface area (Å²) in [5.41, 5.74) is 1.24. The highest BCUT2D eigenvalue weighted by atomic mass is 16.2. The Morgan fingerprint density at radius 1 is 1.25 bits per heavy atom. The molecule has 130 valence electrons. The fraction of sp³-hybridized carbons (Fsp3) is 0.600. The van der Waals surface area contributed by atoms with Gasteiger partial charge in [-0.3, -0.25) is 9.59 Å². The zero-order valence-electron chi connectivity index (χ0n) is 14.8. The van der Waals surface area contributed by atoms with E-state index in [2.05, 4.69) is 26.0 Å². The van der Waals surface area contributed by atoms with E-state index in [0.717, 1.165) is 25.8 Å². The van der Waals surface area contributed by atoms with Crippen LogP contribution in [-0.2, 0) is 16.0 Å². The Labute approximate surface area is 144 Å². The Balaban J connectivity index is 1.57. The van der Waals surface area contributed by atoms with Gasteiger partial charge in [-0.25, -0.2) is 0 Å². The first-order valence-electron chi connectivity index (χ1n) is 9.18. The van der Waals surface area contributed by atoms with Crippen LogP contribution in [0, 0.1) is 11.8 Å². The van der Waals surface area contributed by atoms with Gasteiger partial charge >= 0.3 is 0 Å². The van der Waals surface area contributed by atoms with Crippen LogP contribution in [-0.4, -0.2) is 47.3 Å². The number of carbonyl (C=O) groups is 2. The maximum atomic E-state index is 12.9. The van der Waals surface area contributed by atoms with Gasteiger partial charge < -0.3 is 9.80 Å². The highest BCUT2D eigenvalue weighted by Gasteiger charge is 2.40. The van der Waals surface area contributed by atoms with Gasteiger partial charge in [-0.1, -0.05) is 44.2 Å². The van der Waals surface area contributed by atoms with Gasteiger partial charge in [0.25, 0.3) is 0 Å². The number of nitrogens with zero attached hydrogens (tertiary/aromatic N) is 2. The standard InChI is InChI=1S/C20H28N2O2/c1-15(2)18-9-6-11-22(18)20(24)17-13-19(23)21(14-17)12-10-16-7-4-3-5-8-16/h3-5,7-8,15,17-18H,6,9-14H2,1-2H3/t17-,18+/m1/s1. The molecule has 2 saturated heterocycles. The van der Waals surface area contributed by atoms with Crippen molar-refractivity contribution in [2.24, 2.45) is 11.8 Å². The minimum atomic E-state index is -0.146. The molecule has 4 heteroatoms. The second-order valence-electron chi connectivity index (χ2n) is 7.46. The van der Waals surface area contributed by atoms with Gasteiger partial charge in [0.1, 0.15) is 0 Å². The predicted octanol–water partition coefficient (Wildman–Crippen LogP) is 2.72. The van der Waals surface area contributed by atoms with Crippen LogP contribution in [0.4, 0.5) is 0 Å². The van der Waals surface area contributed by atoms with Gasteiger partial charge in [-0.15, -0.1) is 0 Å². The van der Waals surface area contributed by atoms with Crippen molar-refractivity contribution in [1.29, 1.82) is 0 Å². The molecule has 1 aromatic carbocycles. The van der Waals surface area contributed by atoms with Crippen molar-refractivity contribution in [3.63, 3.8) is 0 Å². The van der Waals surface area contributed by atoms with Crippen LogP contribution in [0.25, 0.3) is 0 Å². The van der Waals surface area contributed by atoms with Crippen molar-refractivity contribution < 1.29 is 9.59 Å². The summed E-state index contributed by atoms with van der Waals surface area (Å²) in [4.78, 5) is 29.1. The van der Waals surface area contributed by atoms with Gasteiger partial charge in [-0.2, -0.15) is 0 Å². The largest absolute Gasteiger partial charge is 0.342 e. The lowest BCUT2D eigenvalue weighted by Crippen LogP contribution is -2.42. The Morgan fingerprint density at radius 3 is 2.71 bits per heavy atom. The average Bonchev–Trinajstić information content (AvgIpc) is 3.20. The smallest absolute Gasteiger partial charge is 0.228 e. The second kappa shape index (κ2) is 7.37. The Morgan fingerprint density at radius 2 is 2.00 bits per heavy atom. The molecule has 2 fully saturated rings. The van der Waals surface area contributed by atoms with E-state index in [-0.39, 0.29) is 17.7 Å². The molecule has 1 aromatic rings. The number of carbonyl (C=O) groups excluding carboxylic acids is 2. The predicted molar refractivity (Wildman–Crippen MR) is 94.4 cm³/mol. The number of benzene rings is 1. The molecule has 2 atom stereocenters. The minimum Gasteiger partial charge on any atom is -0.342 e. The minimum absolute atomic E-state index is 0.129. The zero-order chi connectivity index (χ0) is 17.1. The Kier molecular flexibility index (Phi) is 5.22. The van der Waals surface area contributed by atoms with Gasteiger partial charge in [-0.05, 0) is 30.7 Å². The molecule has 2 aliphatic heterocycles. The Bertz CT molecular complexity index is 585. The van der Waals surface area contributed by atoms with E-state index < -0.39 is 0 Å². The van der Waals surface area contributed by atoms with Crippen molar-refractivity contribution >= 4 is 11.8 Å². The molecule has 0 aliphatic carbocycles. The summed E-state index contributed by atoms with van der Waals surface area (Å²) in [5, 5.41) is 0. The number of rotatable bonds is 5. The van der Waals surface area contributed by atoms with E-state index in [4.69, 9.17) is 0 Å². The molecule has 0 aromatic heterocycles. The molecule has 0 spiro atoms. The number of hydrogen-bond donors (Lipinski definition) is 0. The topological polar surface area (TPSA) is 40.6 Å². The van der Waals surface area contributed by atoms with Crippen LogP contribution >= 0.6 is 0 Å². The molecule has 24 heavy (non-hydrogen) atoms. The molecule has 0 bridgehead atoms. The molecule has 0 radical (unpaired) electrons. The third-order valence-corrected chi connectivity index (χ3v) is 5.43. The van der Waals surface area contributed by atoms with Gasteiger partial charge in [0.05, 0.1) is 5.92 Å². The highest BCUT2D eigenvalue weighted by molar-refractivity contribution is 5.89. The molecule has 2 aliphatic rings. The molecular weight excluding hydrogens is 300 g/mol. The molecule has 2 amide bonds. The van der Waals surface area contributed by atoms with Crippen molar-refractivity contribution in [3.8, 4) is 0 Å². The van der Waals surface area contributed by atoms with Gasteiger partial charge in [0.15, 0.2) is 0 Å². The van der Waals surface area contributed by atoms with E-state index in [0.29, 0.717) is 31.5 Å². The summed E-state index contributed by atoms with van der Waals surface area (Å²) in [6.07, 6.45) is 3.43. The summed E-state index contributed by atoms with van der Waals surface area (Å²) in [6, 6.07) is 10.6.